The Morgan fingerprint density at radius 3 is 2.72 bits per heavy atom. The number of amides is 1. The zero-order valence-corrected chi connectivity index (χ0v) is 17.8. The van der Waals surface area contributed by atoms with Crippen LogP contribution < -0.4 is 4.74 Å². The number of carbonyl (C=O) groups is 1. The summed E-state index contributed by atoms with van der Waals surface area (Å²) in [7, 11) is 3.23. The highest BCUT2D eigenvalue weighted by molar-refractivity contribution is 8.01. The first-order valence-corrected chi connectivity index (χ1v) is 10.3. The minimum Gasteiger partial charge on any atom is -0.496 e. The number of benzene rings is 2. The van der Waals surface area contributed by atoms with Crippen molar-refractivity contribution in [3.8, 4) is 5.75 Å². The number of hydrogen-bond acceptors (Lipinski definition) is 7. The van der Waals surface area contributed by atoms with E-state index in [0.717, 1.165) is 15.6 Å². The standard InChI is InChI=1S/C20H19N3O4S2/c1-13-12-28-20(21-13)29-18-9-8-14(10-16(18)23(25)26)19(24)22(2)11-15-6-4-5-7-17(15)27-3/h4-10,12H,11H2,1-3H3. The number of methoxy groups -OCH3 is 1. The number of nitro benzene ring substituents is 1. The topological polar surface area (TPSA) is 85.6 Å². The largest absolute Gasteiger partial charge is 0.496 e. The molecule has 150 valence electrons. The molecule has 1 aromatic heterocycles. The van der Waals surface area contributed by atoms with Crippen LogP contribution in [0.15, 0.2) is 57.1 Å². The number of para-hydroxylation sites is 1. The molecule has 3 aromatic rings. The van der Waals surface area contributed by atoms with E-state index in [1.165, 1.54) is 34.1 Å². The second-order valence-electron chi connectivity index (χ2n) is 6.27. The predicted molar refractivity (Wildman–Crippen MR) is 113 cm³/mol. The van der Waals surface area contributed by atoms with Gasteiger partial charge < -0.3 is 9.64 Å². The minimum absolute atomic E-state index is 0.112. The predicted octanol–water partition coefficient (Wildman–Crippen LogP) is 4.79. The Kier molecular flexibility index (Phi) is 6.50. The molecule has 0 saturated heterocycles. The van der Waals surface area contributed by atoms with E-state index in [-0.39, 0.29) is 17.2 Å². The fraction of sp³-hybridized carbons (Fsp3) is 0.200. The van der Waals surface area contributed by atoms with Crippen LogP contribution in [0, 0.1) is 17.0 Å². The Hall–Kier alpha value is -2.91. The highest BCUT2D eigenvalue weighted by Gasteiger charge is 2.21. The molecular formula is C20H19N3O4S2. The fourth-order valence-corrected chi connectivity index (χ4v) is 4.61. The van der Waals surface area contributed by atoms with Gasteiger partial charge in [0.15, 0.2) is 4.34 Å². The number of ether oxygens (including phenoxy) is 1. The van der Waals surface area contributed by atoms with Gasteiger partial charge in [0.1, 0.15) is 5.75 Å². The number of hydrogen-bond donors (Lipinski definition) is 0. The maximum Gasteiger partial charge on any atom is 0.284 e. The van der Waals surface area contributed by atoms with Gasteiger partial charge in [0.2, 0.25) is 0 Å². The number of carbonyl (C=O) groups excluding carboxylic acids is 1. The lowest BCUT2D eigenvalue weighted by Gasteiger charge is -2.19. The van der Waals surface area contributed by atoms with Crippen LogP contribution in [-0.4, -0.2) is 34.9 Å². The molecular weight excluding hydrogens is 410 g/mol. The Balaban J connectivity index is 1.83. The molecule has 0 radical (unpaired) electrons. The lowest BCUT2D eigenvalue weighted by Crippen LogP contribution is -2.26. The normalized spacial score (nSPS) is 10.6. The summed E-state index contributed by atoms with van der Waals surface area (Å²) >= 11 is 2.65. The first kappa shape index (κ1) is 20.8. The summed E-state index contributed by atoms with van der Waals surface area (Å²) in [6.07, 6.45) is 0. The van der Waals surface area contributed by atoms with Gasteiger partial charge in [-0.1, -0.05) is 30.0 Å². The van der Waals surface area contributed by atoms with Gasteiger partial charge in [0.05, 0.1) is 16.9 Å². The fourth-order valence-electron chi connectivity index (χ4n) is 2.73. The molecule has 0 N–H and O–H groups in total. The van der Waals surface area contributed by atoms with Crippen molar-refractivity contribution >= 4 is 34.7 Å². The molecule has 0 aliphatic rings. The van der Waals surface area contributed by atoms with E-state index >= 15 is 0 Å². The van der Waals surface area contributed by atoms with Crippen molar-refractivity contribution in [2.24, 2.45) is 0 Å². The summed E-state index contributed by atoms with van der Waals surface area (Å²) in [4.78, 5) is 30.2. The molecule has 9 heteroatoms. The van der Waals surface area contributed by atoms with Gasteiger partial charge in [-0.3, -0.25) is 14.9 Å². The Labute approximate surface area is 176 Å². The number of aryl methyl sites for hydroxylation is 1. The van der Waals surface area contributed by atoms with Gasteiger partial charge >= 0.3 is 0 Å². The third-order valence-electron chi connectivity index (χ3n) is 4.14. The second-order valence-corrected chi connectivity index (χ2v) is 8.42. The van der Waals surface area contributed by atoms with Crippen LogP contribution in [0.25, 0.3) is 0 Å². The van der Waals surface area contributed by atoms with Crippen molar-refractivity contribution in [1.29, 1.82) is 0 Å². The van der Waals surface area contributed by atoms with Crippen molar-refractivity contribution in [2.45, 2.75) is 22.7 Å². The molecule has 7 nitrogen and oxygen atoms in total. The van der Waals surface area contributed by atoms with Gasteiger partial charge in [0, 0.05) is 41.9 Å². The molecule has 1 heterocycles. The van der Waals surface area contributed by atoms with Crippen LogP contribution in [0.5, 0.6) is 5.75 Å². The zero-order chi connectivity index (χ0) is 21.0. The lowest BCUT2D eigenvalue weighted by molar-refractivity contribution is -0.387. The zero-order valence-electron chi connectivity index (χ0n) is 16.1. The van der Waals surface area contributed by atoms with Gasteiger partial charge in [-0.05, 0) is 25.1 Å². The first-order valence-electron chi connectivity index (χ1n) is 8.65. The van der Waals surface area contributed by atoms with Gasteiger partial charge in [-0.2, -0.15) is 0 Å². The molecule has 0 aliphatic heterocycles. The maximum absolute atomic E-state index is 12.8. The maximum atomic E-state index is 12.8. The molecule has 0 spiro atoms. The van der Waals surface area contributed by atoms with E-state index in [2.05, 4.69) is 4.98 Å². The summed E-state index contributed by atoms with van der Waals surface area (Å²) < 4.78 is 6.04. The van der Waals surface area contributed by atoms with Gasteiger partial charge in [-0.15, -0.1) is 11.3 Å². The molecule has 0 aliphatic carbocycles. The van der Waals surface area contributed by atoms with Crippen LogP contribution in [0.2, 0.25) is 0 Å². The monoisotopic (exact) mass is 429 g/mol. The van der Waals surface area contributed by atoms with E-state index in [9.17, 15) is 14.9 Å². The molecule has 0 atom stereocenters. The summed E-state index contributed by atoms with van der Waals surface area (Å²) in [5.74, 6) is 0.379. The molecule has 0 saturated carbocycles. The highest BCUT2D eigenvalue weighted by atomic mass is 32.2. The lowest BCUT2D eigenvalue weighted by atomic mass is 10.1. The van der Waals surface area contributed by atoms with Crippen LogP contribution in [0.1, 0.15) is 21.6 Å². The summed E-state index contributed by atoms with van der Waals surface area (Å²) in [5.41, 5.74) is 1.87. The minimum atomic E-state index is -0.472. The van der Waals surface area contributed by atoms with Crippen molar-refractivity contribution in [3.63, 3.8) is 0 Å². The molecule has 2 aromatic carbocycles. The summed E-state index contributed by atoms with van der Waals surface area (Å²) in [6.45, 7) is 2.19. The molecule has 1 amide bonds. The van der Waals surface area contributed by atoms with Crippen molar-refractivity contribution < 1.29 is 14.5 Å². The second kappa shape index (κ2) is 9.06. The Morgan fingerprint density at radius 1 is 1.31 bits per heavy atom. The molecule has 0 fully saturated rings. The van der Waals surface area contributed by atoms with E-state index in [1.807, 2.05) is 36.6 Å². The van der Waals surface area contributed by atoms with Crippen molar-refractivity contribution in [1.82, 2.24) is 9.88 Å². The van der Waals surface area contributed by atoms with Crippen LogP contribution >= 0.6 is 23.1 Å². The van der Waals surface area contributed by atoms with Crippen molar-refractivity contribution in [2.75, 3.05) is 14.2 Å². The van der Waals surface area contributed by atoms with E-state index in [0.29, 0.717) is 17.2 Å². The number of nitro groups is 1. The molecule has 3 rings (SSSR count). The van der Waals surface area contributed by atoms with E-state index < -0.39 is 4.92 Å². The number of aromatic nitrogens is 1. The van der Waals surface area contributed by atoms with E-state index in [1.54, 1.807) is 26.3 Å². The van der Waals surface area contributed by atoms with Crippen LogP contribution in [-0.2, 0) is 6.54 Å². The molecule has 29 heavy (non-hydrogen) atoms. The molecule has 0 bridgehead atoms. The number of rotatable bonds is 7. The SMILES string of the molecule is COc1ccccc1CN(C)C(=O)c1ccc(Sc2nc(C)cs2)c([N+](=O)[O-])c1. The van der Waals surface area contributed by atoms with Crippen molar-refractivity contribution in [3.05, 3.63) is 74.8 Å². The first-order chi connectivity index (χ1) is 13.9. The highest BCUT2D eigenvalue weighted by Crippen LogP contribution is 2.37. The smallest absolute Gasteiger partial charge is 0.284 e. The average molecular weight is 430 g/mol. The third-order valence-corrected chi connectivity index (χ3v) is 6.27. The van der Waals surface area contributed by atoms with Gasteiger partial charge in [-0.25, -0.2) is 4.98 Å². The molecule has 0 unspecified atom stereocenters. The van der Waals surface area contributed by atoms with Crippen LogP contribution in [0.3, 0.4) is 0 Å². The summed E-state index contributed by atoms with van der Waals surface area (Å²) in [6, 6.07) is 12.0. The number of nitrogens with zero attached hydrogens (tertiary/aromatic N) is 3. The van der Waals surface area contributed by atoms with E-state index in [4.69, 9.17) is 4.74 Å². The third kappa shape index (κ3) is 4.93. The number of thiazole rings is 1. The quantitative estimate of drug-likeness (QED) is 0.396. The summed E-state index contributed by atoms with van der Waals surface area (Å²) in [5, 5.41) is 13.5. The van der Waals surface area contributed by atoms with Crippen LogP contribution in [0.4, 0.5) is 5.69 Å². The Morgan fingerprint density at radius 2 is 2.07 bits per heavy atom. The van der Waals surface area contributed by atoms with Gasteiger partial charge in [0.25, 0.3) is 11.6 Å². The Bertz CT molecular complexity index is 1050. The average Bonchev–Trinajstić information content (AvgIpc) is 3.12.